The summed E-state index contributed by atoms with van der Waals surface area (Å²) in [5, 5.41) is 11.6. The minimum atomic E-state index is -2.89. The molecule has 3 aromatic carbocycles. The zero-order valence-corrected chi connectivity index (χ0v) is 22.5. The zero-order chi connectivity index (χ0) is 27.7. The molecule has 6 nitrogen and oxygen atoms in total. The van der Waals surface area contributed by atoms with Crippen molar-refractivity contribution in [3.8, 4) is 5.75 Å². The fourth-order valence-electron chi connectivity index (χ4n) is 5.00. The van der Waals surface area contributed by atoms with Gasteiger partial charge in [-0.25, -0.2) is 0 Å². The van der Waals surface area contributed by atoms with Gasteiger partial charge in [-0.3, -0.25) is 9.89 Å². The van der Waals surface area contributed by atoms with E-state index in [1.54, 1.807) is 13.0 Å². The summed E-state index contributed by atoms with van der Waals surface area (Å²) >= 11 is 0. The second-order valence-corrected chi connectivity index (χ2v) is 10.7. The molecule has 1 heterocycles. The van der Waals surface area contributed by atoms with E-state index < -0.39 is 12.0 Å². The Morgan fingerprint density at radius 2 is 1.92 bits per heavy atom. The molecule has 1 aliphatic carbocycles. The molecule has 1 aliphatic rings. The van der Waals surface area contributed by atoms with Crippen molar-refractivity contribution in [1.82, 2.24) is 15.1 Å². The molecule has 1 amide bonds. The van der Waals surface area contributed by atoms with E-state index in [4.69, 9.17) is 0 Å². The number of amides is 1. The maximum Gasteiger partial charge on any atom is 0.387 e. The molecule has 5 rings (SSSR count). The van der Waals surface area contributed by atoms with Crippen LogP contribution in [-0.2, 0) is 11.3 Å². The van der Waals surface area contributed by atoms with Gasteiger partial charge in [0.15, 0.2) is 0 Å². The van der Waals surface area contributed by atoms with E-state index >= 15 is 0 Å². The number of hydrogen-bond acceptors (Lipinski definition) is 4. The predicted octanol–water partition coefficient (Wildman–Crippen LogP) is 6.84. The molecule has 0 aliphatic heterocycles. The van der Waals surface area contributed by atoms with Gasteiger partial charge in [-0.15, -0.1) is 0 Å². The fourth-order valence-corrected chi connectivity index (χ4v) is 5.00. The number of benzene rings is 3. The molecule has 0 unspecified atom stereocenters. The van der Waals surface area contributed by atoms with Crippen molar-refractivity contribution in [2.75, 3.05) is 19.4 Å². The average molecular weight is 531 g/mol. The van der Waals surface area contributed by atoms with Gasteiger partial charge in [0.2, 0.25) is 5.91 Å². The van der Waals surface area contributed by atoms with Gasteiger partial charge in [0.25, 0.3) is 0 Å². The van der Waals surface area contributed by atoms with Gasteiger partial charge in [0.1, 0.15) is 5.75 Å². The molecule has 0 radical (unpaired) electrons. The minimum Gasteiger partial charge on any atom is -0.435 e. The lowest BCUT2D eigenvalue weighted by Gasteiger charge is -2.15. The van der Waals surface area contributed by atoms with Gasteiger partial charge in [-0.05, 0) is 86.0 Å². The lowest BCUT2D eigenvalue weighted by molar-refractivity contribution is -0.120. The third-order valence-electron chi connectivity index (χ3n) is 7.36. The van der Waals surface area contributed by atoms with Crippen LogP contribution in [0.2, 0.25) is 0 Å². The SMILES string of the molecule is Cc1cc(OC(F)F)ccc1NC(=O)[C@]1(C)C[C@H]1c1ccc2c(/C=C/c3ccc(CN(C)C)cc3)n[nH]c2c1. The molecule has 4 aromatic rings. The highest BCUT2D eigenvalue weighted by Gasteiger charge is 2.56. The van der Waals surface area contributed by atoms with Crippen LogP contribution in [0.25, 0.3) is 23.1 Å². The Morgan fingerprint density at radius 3 is 2.62 bits per heavy atom. The molecule has 1 saturated carbocycles. The van der Waals surface area contributed by atoms with Crippen LogP contribution in [0.1, 0.15) is 47.2 Å². The van der Waals surface area contributed by atoms with E-state index in [1.807, 2.05) is 13.0 Å². The summed E-state index contributed by atoms with van der Waals surface area (Å²) in [7, 11) is 4.11. The summed E-state index contributed by atoms with van der Waals surface area (Å²) in [5.41, 5.74) is 5.92. The molecule has 0 spiro atoms. The number of nitrogens with zero attached hydrogens (tertiary/aromatic N) is 2. The van der Waals surface area contributed by atoms with Crippen LogP contribution in [0, 0.1) is 12.3 Å². The van der Waals surface area contributed by atoms with Gasteiger partial charge in [-0.2, -0.15) is 13.9 Å². The molecule has 0 bridgehead atoms. The Morgan fingerprint density at radius 1 is 1.15 bits per heavy atom. The monoisotopic (exact) mass is 530 g/mol. The number of ether oxygens (including phenoxy) is 1. The smallest absolute Gasteiger partial charge is 0.387 e. The maximum absolute atomic E-state index is 13.2. The molecular formula is C31H32F2N4O2. The van der Waals surface area contributed by atoms with Crippen molar-refractivity contribution in [3.63, 3.8) is 0 Å². The number of rotatable bonds is 9. The molecule has 39 heavy (non-hydrogen) atoms. The van der Waals surface area contributed by atoms with Crippen molar-refractivity contribution in [2.45, 2.75) is 39.3 Å². The summed E-state index contributed by atoms with van der Waals surface area (Å²) in [4.78, 5) is 15.3. The first kappa shape index (κ1) is 26.6. The minimum absolute atomic E-state index is 0.0657. The number of anilines is 1. The largest absolute Gasteiger partial charge is 0.435 e. The Kier molecular flexibility index (Phi) is 7.23. The zero-order valence-electron chi connectivity index (χ0n) is 22.5. The van der Waals surface area contributed by atoms with Crippen LogP contribution in [0.5, 0.6) is 5.75 Å². The van der Waals surface area contributed by atoms with Crippen molar-refractivity contribution in [1.29, 1.82) is 0 Å². The van der Waals surface area contributed by atoms with Crippen LogP contribution in [0.4, 0.5) is 14.5 Å². The summed E-state index contributed by atoms with van der Waals surface area (Å²) in [5.74, 6) is 0.0469. The maximum atomic E-state index is 13.2. The number of fused-ring (bicyclic) bond motifs is 1. The number of aryl methyl sites for hydroxylation is 1. The number of nitrogens with one attached hydrogen (secondary N) is 2. The predicted molar refractivity (Wildman–Crippen MR) is 151 cm³/mol. The van der Waals surface area contributed by atoms with Crippen LogP contribution >= 0.6 is 0 Å². The summed E-state index contributed by atoms with van der Waals surface area (Å²) < 4.78 is 29.4. The third kappa shape index (κ3) is 5.86. The average Bonchev–Trinajstić information content (AvgIpc) is 3.43. The Bertz CT molecular complexity index is 1530. The third-order valence-corrected chi connectivity index (χ3v) is 7.36. The highest BCUT2D eigenvalue weighted by molar-refractivity contribution is 5.99. The summed E-state index contributed by atoms with van der Waals surface area (Å²) in [6.07, 6.45) is 4.79. The quantitative estimate of drug-likeness (QED) is 0.249. The van der Waals surface area contributed by atoms with Crippen LogP contribution in [-0.4, -0.2) is 41.7 Å². The molecule has 2 N–H and O–H groups in total. The van der Waals surface area contributed by atoms with Gasteiger partial charge in [0, 0.05) is 17.6 Å². The number of halogens is 2. The van der Waals surface area contributed by atoms with Gasteiger partial charge in [0.05, 0.1) is 16.6 Å². The van der Waals surface area contributed by atoms with Crippen LogP contribution in [0.15, 0.2) is 60.7 Å². The second kappa shape index (κ2) is 10.6. The fraction of sp³-hybridized carbons (Fsp3) is 0.290. The Balaban J connectivity index is 1.26. The molecule has 202 valence electrons. The lowest BCUT2D eigenvalue weighted by Crippen LogP contribution is -2.23. The van der Waals surface area contributed by atoms with Gasteiger partial charge in [-0.1, -0.05) is 49.4 Å². The molecule has 0 saturated heterocycles. The highest BCUT2D eigenvalue weighted by Crippen LogP contribution is 2.59. The van der Waals surface area contributed by atoms with E-state index in [9.17, 15) is 13.6 Å². The van der Waals surface area contributed by atoms with Crippen LogP contribution < -0.4 is 10.1 Å². The number of aromatic nitrogens is 2. The van der Waals surface area contributed by atoms with Gasteiger partial charge < -0.3 is 15.0 Å². The number of aromatic amines is 1. The van der Waals surface area contributed by atoms with E-state index in [2.05, 4.69) is 87.8 Å². The number of carbonyl (C=O) groups is 1. The Hall–Kier alpha value is -4.04. The van der Waals surface area contributed by atoms with Gasteiger partial charge >= 0.3 is 6.61 Å². The van der Waals surface area contributed by atoms with E-state index in [-0.39, 0.29) is 17.6 Å². The molecule has 2 atom stereocenters. The first-order valence-corrected chi connectivity index (χ1v) is 12.9. The number of H-pyrrole nitrogens is 1. The second-order valence-electron chi connectivity index (χ2n) is 10.7. The normalized spacial score (nSPS) is 18.8. The Labute approximate surface area is 226 Å². The molecule has 1 fully saturated rings. The number of alkyl halides is 2. The summed E-state index contributed by atoms with van der Waals surface area (Å²) in [6, 6.07) is 19.2. The van der Waals surface area contributed by atoms with Crippen molar-refractivity contribution in [3.05, 3.63) is 88.6 Å². The number of hydrogen-bond donors (Lipinski definition) is 2. The number of carbonyl (C=O) groups excluding carboxylic acids is 1. The van der Waals surface area contributed by atoms with Crippen molar-refractivity contribution in [2.24, 2.45) is 5.41 Å². The van der Waals surface area contributed by atoms with E-state index in [0.717, 1.165) is 40.7 Å². The lowest BCUT2D eigenvalue weighted by atomic mass is 9.98. The van der Waals surface area contributed by atoms with E-state index in [0.29, 0.717) is 11.3 Å². The first-order chi connectivity index (χ1) is 18.6. The van der Waals surface area contributed by atoms with Crippen LogP contribution in [0.3, 0.4) is 0 Å². The standard InChI is InChI=1S/C31H32F2N4O2/c1-19-15-23(39-30(32)33)11-14-26(19)34-29(38)31(2)17-25(31)22-10-12-24-27(35-36-28(24)16-22)13-9-20-5-7-21(8-6-20)18-37(3)4/h5-16,25,30H,17-18H2,1-4H3,(H,34,38)(H,35,36)/b13-9+/t25-,31+/m0/s1. The molecule has 8 heteroatoms. The van der Waals surface area contributed by atoms with Crippen molar-refractivity contribution >= 4 is 34.6 Å². The molecular weight excluding hydrogens is 498 g/mol. The topological polar surface area (TPSA) is 70.2 Å². The molecule has 1 aromatic heterocycles. The first-order valence-electron chi connectivity index (χ1n) is 12.9. The highest BCUT2D eigenvalue weighted by atomic mass is 19.3. The van der Waals surface area contributed by atoms with E-state index in [1.165, 1.54) is 17.7 Å². The summed E-state index contributed by atoms with van der Waals surface area (Å²) in [6.45, 7) is 1.72. The van der Waals surface area contributed by atoms with Crippen molar-refractivity contribution < 1.29 is 18.3 Å².